The first-order chi connectivity index (χ1) is 21.3. The van der Waals surface area contributed by atoms with Gasteiger partial charge in [0.15, 0.2) is 5.82 Å². The van der Waals surface area contributed by atoms with Gasteiger partial charge in [0.05, 0.1) is 36.4 Å². The van der Waals surface area contributed by atoms with E-state index in [1.165, 1.54) is 6.07 Å². The predicted molar refractivity (Wildman–Crippen MR) is 165 cm³/mol. The van der Waals surface area contributed by atoms with Gasteiger partial charge in [-0.3, -0.25) is 9.88 Å². The minimum absolute atomic E-state index is 0.00517. The summed E-state index contributed by atoms with van der Waals surface area (Å²) in [5.41, 5.74) is -0.424. The Morgan fingerprint density at radius 3 is 2.66 bits per heavy atom. The third kappa shape index (κ3) is 5.45. The Bertz CT molecular complexity index is 1780. The highest BCUT2D eigenvalue weighted by molar-refractivity contribution is 6.02. The minimum atomic E-state index is -0.919. The molecule has 7 rings (SSSR count). The lowest BCUT2D eigenvalue weighted by Crippen LogP contribution is -2.46. The Hall–Kier alpha value is -3.91. The molecule has 2 aliphatic heterocycles. The van der Waals surface area contributed by atoms with Crippen molar-refractivity contribution < 1.29 is 23.4 Å². The number of anilines is 1. The van der Waals surface area contributed by atoms with Crippen LogP contribution < -0.4 is 9.64 Å². The van der Waals surface area contributed by atoms with Crippen molar-refractivity contribution in [3.8, 4) is 29.6 Å². The van der Waals surface area contributed by atoms with Crippen LogP contribution in [0.25, 0.3) is 32.9 Å². The fraction of sp³-hybridized carbons (Fsp3) is 0.441. The van der Waals surface area contributed by atoms with Crippen LogP contribution in [0.5, 0.6) is 6.01 Å². The molecule has 2 aromatic heterocycles. The number of hydrogen-bond acceptors (Lipinski definition) is 8. The Balaban J connectivity index is 1.31. The highest BCUT2D eigenvalue weighted by atomic mass is 19.1. The number of morpholine rings is 1. The number of aliphatic hydroxyl groups is 1. The van der Waals surface area contributed by atoms with Crippen LogP contribution >= 0.6 is 0 Å². The molecule has 3 fully saturated rings. The maximum Gasteiger partial charge on any atom is 0.319 e. The number of fused-ring (bicyclic) bond motifs is 2. The zero-order valence-electron chi connectivity index (χ0n) is 24.8. The van der Waals surface area contributed by atoms with Crippen molar-refractivity contribution in [2.75, 3.05) is 57.4 Å². The van der Waals surface area contributed by atoms with E-state index in [1.807, 2.05) is 4.90 Å². The van der Waals surface area contributed by atoms with Crippen LogP contribution in [0, 0.1) is 29.4 Å². The number of aromatic nitrogens is 3. The fourth-order valence-electron chi connectivity index (χ4n) is 6.58. The average molecular weight is 600 g/mol. The minimum Gasteiger partial charge on any atom is -0.463 e. The maximum atomic E-state index is 16.7. The quantitative estimate of drug-likeness (QED) is 0.299. The monoisotopic (exact) mass is 599 g/mol. The lowest BCUT2D eigenvalue weighted by Gasteiger charge is -2.38. The van der Waals surface area contributed by atoms with E-state index in [9.17, 15) is 9.50 Å². The molecule has 1 saturated carbocycles. The highest BCUT2D eigenvalue weighted by Crippen LogP contribution is 2.47. The molecule has 1 atom stereocenters. The number of hydrogen-bond donors (Lipinski definition) is 1. The van der Waals surface area contributed by atoms with E-state index in [4.69, 9.17) is 20.9 Å². The molecule has 4 heterocycles. The molecule has 3 aliphatic rings. The molecule has 2 saturated heterocycles. The number of terminal acetylenes is 1. The molecule has 10 heteroatoms. The summed E-state index contributed by atoms with van der Waals surface area (Å²) < 4.78 is 43.2. The first kappa shape index (κ1) is 28.8. The van der Waals surface area contributed by atoms with Gasteiger partial charge in [-0.05, 0) is 44.1 Å². The molecule has 0 bridgehead atoms. The number of ether oxygens (including phenoxy) is 2. The molecular weight excluding hydrogens is 564 g/mol. The van der Waals surface area contributed by atoms with Crippen molar-refractivity contribution in [2.24, 2.45) is 5.41 Å². The van der Waals surface area contributed by atoms with Crippen LogP contribution in [0.3, 0.4) is 0 Å². The van der Waals surface area contributed by atoms with Crippen LogP contribution in [-0.2, 0) is 4.74 Å². The summed E-state index contributed by atoms with van der Waals surface area (Å²) in [5.74, 6) is 1.66. The average Bonchev–Trinajstić information content (AvgIpc) is 3.79. The van der Waals surface area contributed by atoms with Gasteiger partial charge in [0, 0.05) is 55.3 Å². The second kappa shape index (κ2) is 11.2. The van der Waals surface area contributed by atoms with E-state index < -0.39 is 17.2 Å². The van der Waals surface area contributed by atoms with E-state index in [0.717, 1.165) is 52.1 Å². The number of piperidine rings is 1. The van der Waals surface area contributed by atoms with Crippen LogP contribution in [0.4, 0.5) is 14.6 Å². The predicted octanol–water partition coefficient (Wildman–Crippen LogP) is 4.95. The second-order valence-corrected chi connectivity index (χ2v) is 12.7. The van der Waals surface area contributed by atoms with Crippen LogP contribution in [-0.4, -0.2) is 83.1 Å². The maximum absolute atomic E-state index is 16.7. The number of nitrogens with zero attached hydrogens (tertiary/aromatic N) is 5. The van der Waals surface area contributed by atoms with Crippen LogP contribution in [0.2, 0.25) is 0 Å². The van der Waals surface area contributed by atoms with Crippen molar-refractivity contribution in [3.63, 3.8) is 0 Å². The van der Waals surface area contributed by atoms with Gasteiger partial charge in [-0.1, -0.05) is 30.2 Å². The summed E-state index contributed by atoms with van der Waals surface area (Å²) in [5, 5.41) is 12.4. The topological polar surface area (TPSA) is 83.8 Å². The smallest absolute Gasteiger partial charge is 0.319 e. The van der Waals surface area contributed by atoms with Crippen molar-refractivity contribution in [1.82, 2.24) is 19.9 Å². The second-order valence-electron chi connectivity index (χ2n) is 12.7. The zero-order valence-corrected chi connectivity index (χ0v) is 24.8. The van der Waals surface area contributed by atoms with E-state index >= 15 is 4.39 Å². The summed E-state index contributed by atoms with van der Waals surface area (Å²) in [6.45, 7) is 7.34. The van der Waals surface area contributed by atoms with Crippen molar-refractivity contribution in [3.05, 3.63) is 53.7 Å². The van der Waals surface area contributed by atoms with Crippen molar-refractivity contribution in [2.45, 2.75) is 38.2 Å². The third-order valence-electron chi connectivity index (χ3n) is 9.14. The highest BCUT2D eigenvalue weighted by Gasteiger charge is 2.45. The SMILES string of the molecule is C#Cc1c(F)ccc2cccc(-c3ncc4c(N5CCC[C@@](C)(O)C5)nc(OCC5(CN6CCOCC6)CC5)nc4c3F)c12. The number of rotatable bonds is 7. The van der Waals surface area contributed by atoms with Gasteiger partial charge < -0.3 is 19.5 Å². The summed E-state index contributed by atoms with van der Waals surface area (Å²) in [4.78, 5) is 18.2. The largest absolute Gasteiger partial charge is 0.463 e. The fourth-order valence-corrected chi connectivity index (χ4v) is 6.58. The van der Waals surface area contributed by atoms with Crippen LogP contribution in [0.15, 0.2) is 36.5 Å². The number of halogens is 2. The van der Waals surface area contributed by atoms with Crippen molar-refractivity contribution >= 4 is 27.5 Å². The van der Waals surface area contributed by atoms with Gasteiger partial charge in [-0.2, -0.15) is 9.97 Å². The Morgan fingerprint density at radius 2 is 1.91 bits per heavy atom. The van der Waals surface area contributed by atoms with E-state index in [1.54, 1.807) is 37.4 Å². The lowest BCUT2D eigenvalue weighted by molar-refractivity contribution is 0.0231. The van der Waals surface area contributed by atoms with E-state index in [0.29, 0.717) is 53.7 Å². The molecule has 4 aromatic rings. The van der Waals surface area contributed by atoms with Gasteiger partial charge in [0.1, 0.15) is 22.8 Å². The molecule has 1 N–H and O–H groups in total. The van der Waals surface area contributed by atoms with Gasteiger partial charge in [-0.15, -0.1) is 6.42 Å². The lowest BCUT2D eigenvalue weighted by atomic mass is 9.95. The van der Waals surface area contributed by atoms with E-state index in [2.05, 4.69) is 20.8 Å². The Labute approximate surface area is 255 Å². The first-order valence-electron chi connectivity index (χ1n) is 15.2. The molecule has 8 nitrogen and oxygen atoms in total. The summed E-state index contributed by atoms with van der Waals surface area (Å²) >= 11 is 0. The van der Waals surface area contributed by atoms with Crippen molar-refractivity contribution in [1.29, 1.82) is 0 Å². The Kier molecular flexibility index (Phi) is 7.35. The summed E-state index contributed by atoms with van der Waals surface area (Å²) in [6.07, 6.45) is 10.7. The molecular formula is C34H35F2N5O3. The molecule has 228 valence electrons. The first-order valence-corrected chi connectivity index (χ1v) is 15.2. The molecule has 0 amide bonds. The number of benzene rings is 2. The normalized spacial score (nSPS) is 21.8. The Morgan fingerprint density at radius 1 is 1.09 bits per heavy atom. The van der Waals surface area contributed by atoms with Crippen LogP contribution in [0.1, 0.15) is 38.2 Å². The number of β-amino-alcohol motifs (C(OH)–C–C–N with tert-alkyl or cyclic N) is 1. The zero-order chi connectivity index (χ0) is 30.5. The van der Waals surface area contributed by atoms with Gasteiger partial charge in [0.2, 0.25) is 0 Å². The molecule has 2 aromatic carbocycles. The molecule has 44 heavy (non-hydrogen) atoms. The molecule has 0 radical (unpaired) electrons. The molecule has 0 spiro atoms. The molecule has 1 aliphatic carbocycles. The third-order valence-corrected chi connectivity index (χ3v) is 9.14. The van der Waals surface area contributed by atoms with Gasteiger partial charge in [0.25, 0.3) is 0 Å². The van der Waals surface area contributed by atoms with Gasteiger partial charge >= 0.3 is 6.01 Å². The molecule has 0 unspecified atom stereocenters. The number of pyridine rings is 1. The summed E-state index contributed by atoms with van der Waals surface area (Å²) in [6, 6.07) is 8.26. The summed E-state index contributed by atoms with van der Waals surface area (Å²) in [7, 11) is 0. The van der Waals surface area contributed by atoms with Gasteiger partial charge in [-0.25, -0.2) is 8.78 Å². The standard InChI is InChI=1S/C34H35F2N5O3/c1-3-23-26(35)9-8-22-6-4-7-24(27(22)23)29-28(36)30-25(18-37-29)31(41-13-5-10-33(2,42)19-41)39-32(38-30)44-21-34(11-12-34)20-40-14-16-43-17-15-40/h1,4,6-9,18,42H,5,10-17,19-21H2,2H3/t33-/m1/s1. The van der Waals surface area contributed by atoms with E-state index in [-0.39, 0.29) is 28.2 Å².